The molecule has 2 fully saturated rings. The van der Waals surface area contributed by atoms with Gasteiger partial charge in [-0.05, 0) is 43.9 Å². The summed E-state index contributed by atoms with van der Waals surface area (Å²) in [5, 5.41) is 6.58. The minimum Gasteiger partial charge on any atom is -0.338 e. The third-order valence-corrected chi connectivity index (χ3v) is 7.95. The monoisotopic (exact) mass is 414 g/mol. The van der Waals surface area contributed by atoms with Crippen molar-refractivity contribution >= 4 is 21.3 Å². The Balaban J connectivity index is 1.52. The lowest BCUT2D eigenvalue weighted by Gasteiger charge is -2.35. The molecular formula is C18H21F3N4O2S. The molecule has 3 aliphatic rings. The van der Waals surface area contributed by atoms with Crippen LogP contribution in [0.4, 0.5) is 18.9 Å². The first-order valence-corrected chi connectivity index (χ1v) is 11.2. The van der Waals surface area contributed by atoms with Crippen molar-refractivity contribution in [3.8, 4) is 0 Å². The van der Waals surface area contributed by atoms with Gasteiger partial charge in [0.2, 0.25) is 0 Å². The molecule has 6 nitrogen and oxygen atoms in total. The third kappa shape index (κ3) is 3.54. The fraction of sp³-hybridized carbons (Fsp3) is 0.611. The summed E-state index contributed by atoms with van der Waals surface area (Å²) < 4.78 is 56.8. The number of nitrogens with zero attached hydrogens (tertiary/aromatic N) is 4. The molecule has 1 aromatic rings. The Bertz CT molecular complexity index is 919. The van der Waals surface area contributed by atoms with Gasteiger partial charge >= 0.3 is 6.18 Å². The summed E-state index contributed by atoms with van der Waals surface area (Å²) in [6.45, 7) is 0.352. The van der Waals surface area contributed by atoms with E-state index in [1.165, 1.54) is 4.90 Å². The van der Waals surface area contributed by atoms with Gasteiger partial charge in [0.25, 0.3) is 11.6 Å². The maximum atomic E-state index is 13.3. The van der Waals surface area contributed by atoms with Crippen LogP contribution in [0, 0.1) is 5.92 Å². The van der Waals surface area contributed by atoms with Crippen LogP contribution in [-0.2, 0) is 9.73 Å². The van der Waals surface area contributed by atoms with Gasteiger partial charge in [-0.15, -0.1) is 10.2 Å². The average molecular weight is 414 g/mol. The average Bonchev–Trinajstić information content (AvgIpc) is 3.39. The van der Waals surface area contributed by atoms with E-state index in [-0.39, 0.29) is 12.5 Å². The van der Waals surface area contributed by atoms with Gasteiger partial charge < -0.3 is 4.90 Å². The number of hydrogen-bond acceptors (Lipinski definition) is 5. The number of halogens is 3. The molecule has 0 saturated carbocycles. The van der Waals surface area contributed by atoms with Crippen molar-refractivity contribution in [2.45, 2.75) is 37.5 Å². The zero-order valence-electron chi connectivity index (χ0n) is 15.2. The zero-order valence-corrected chi connectivity index (χ0v) is 16.0. The maximum Gasteiger partial charge on any atom is 0.438 e. The molecule has 0 radical (unpaired) electrons. The molecule has 2 saturated heterocycles. The fourth-order valence-corrected chi connectivity index (χ4v) is 6.17. The summed E-state index contributed by atoms with van der Waals surface area (Å²) in [6, 6.07) is 6.54. The quantitative estimate of drug-likeness (QED) is 0.745. The van der Waals surface area contributed by atoms with Crippen molar-refractivity contribution in [1.82, 2.24) is 4.90 Å². The van der Waals surface area contributed by atoms with Crippen LogP contribution in [0.5, 0.6) is 0 Å². The van der Waals surface area contributed by atoms with Gasteiger partial charge in [-0.25, -0.2) is 4.21 Å². The lowest BCUT2D eigenvalue weighted by molar-refractivity contribution is -0.180. The highest BCUT2D eigenvalue weighted by Crippen LogP contribution is 2.51. The van der Waals surface area contributed by atoms with E-state index in [9.17, 15) is 22.2 Å². The summed E-state index contributed by atoms with van der Waals surface area (Å²) in [7, 11) is -2.26. The third-order valence-electron chi connectivity index (χ3n) is 5.55. The minimum atomic E-state index is -4.53. The van der Waals surface area contributed by atoms with E-state index in [1.54, 1.807) is 24.3 Å². The van der Waals surface area contributed by atoms with Crippen molar-refractivity contribution in [3.63, 3.8) is 0 Å². The van der Waals surface area contributed by atoms with Crippen LogP contribution in [0.25, 0.3) is 0 Å². The van der Waals surface area contributed by atoms with Crippen LogP contribution in [0.1, 0.15) is 36.0 Å². The van der Waals surface area contributed by atoms with Crippen LogP contribution in [0.2, 0.25) is 0 Å². The Morgan fingerprint density at radius 1 is 1.21 bits per heavy atom. The summed E-state index contributed by atoms with van der Waals surface area (Å²) >= 11 is 0. The number of benzene rings is 1. The molecule has 0 aliphatic carbocycles. The van der Waals surface area contributed by atoms with Crippen molar-refractivity contribution in [2.75, 3.05) is 24.6 Å². The van der Waals surface area contributed by atoms with E-state index in [2.05, 4.69) is 14.6 Å². The summed E-state index contributed by atoms with van der Waals surface area (Å²) in [5.41, 5.74) is -1.52. The van der Waals surface area contributed by atoms with Crippen LogP contribution in [0.15, 0.2) is 38.9 Å². The Kier molecular flexibility index (Phi) is 4.71. The van der Waals surface area contributed by atoms with Gasteiger partial charge in [0, 0.05) is 36.1 Å². The molecule has 0 spiro atoms. The topological polar surface area (TPSA) is 74.5 Å². The number of rotatable bonds is 3. The predicted octanol–water partition coefficient (Wildman–Crippen LogP) is 4.16. The second-order valence-electron chi connectivity index (χ2n) is 7.54. The van der Waals surface area contributed by atoms with Crippen LogP contribution in [0.3, 0.4) is 0 Å². The minimum absolute atomic E-state index is 0.0382. The number of carbonyl (C=O) groups excluding carboxylic acids is 1. The first kappa shape index (κ1) is 19.4. The number of piperidine rings is 1. The van der Waals surface area contributed by atoms with Crippen LogP contribution < -0.4 is 0 Å². The highest BCUT2D eigenvalue weighted by atomic mass is 32.2. The second kappa shape index (κ2) is 6.82. The molecule has 152 valence electrons. The number of amides is 1. The highest BCUT2D eigenvalue weighted by molar-refractivity contribution is 7.93. The SMILES string of the molecule is O=C(c1cccc(N=S2(=O)CCCC2)c1)N1CCCC(C2(C(F)(F)F)N=N2)C1. The summed E-state index contributed by atoms with van der Waals surface area (Å²) in [4.78, 5) is 14.3. The molecule has 0 N–H and O–H groups in total. The normalized spacial score (nSPS) is 25.5. The molecule has 3 aliphatic heterocycles. The van der Waals surface area contributed by atoms with E-state index < -0.39 is 27.5 Å². The van der Waals surface area contributed by atoms with Gasteiger partial charge in [0.05, 0.1) is 15.4 Å². The van der Waals surface area contributed by atoms with Crippen LogP contribution >= 0.6 is 0 Å². The molecular weight excluding hydrogens is 393 g/mol. The lowest BCUT2D eigenvalue weighted by atomic mass is 9.87. The molecule has 4 rings (SSSR count). The van der Waals surface area contributed by atoms with E-state index in [0.29, 0.717) is 42.1 Å². The molecule has 10 heteroatoms. The van der Waals surface area contributed by atoms with Gasteiger partial charge in [-0.1, -0.05) is 6.07 Å². The summed E-state index contributed by atoms with van der Waals surface area (Å²) in [6.07, 6.45) is -1.97. The Hall–Kier alpha value is -1.97. The Morgan fingerprint density at radius 3 is 2.57 bits per heavy atom. The molecule has 0 aromatic heterocycles. The fourth-order valence-electron chi connectivity index (χ4n) is 3.97. The summed E-state index contributed by atoms with van der Waals surface area (Å²) in [5.74, 6) is -0.0798. The van der Waals surface area contributed by atoms with Crippen molar-refractivity contribution in [1.29, 1.82) is 0 Å². The first-order valence-electron chi connectivity index (χ1n) is 9.35. The molecule has 28 heavy (non-hydrogen) atoms. The van der Waals surface area contributed by atoms with E-state index in [1.807, 2.05) is 0 Å². The smallest absolute Gasteiger partial charge is 0.338 e. The number of alkyl halides is 3. The van der Waals surface area contributed by atoms with Gasteiger partial charge in [0.15, 0.2) is 0 Å². The Labute approximate surface area is 161 Å². The zero-order chi connectivity index (χ0) is 20.0. The molecule has 1 amide bonds. The number of likely N-dealkylation sites (tertiary alicyclic amines) is 1. The first-order chi connectivity index (χ1) is 13.2. The van der Waals surface area contributed by atoms with E-state index >= 15 is 0 Å². The molecule has 0 bridgehead atoms. The lowest BCUT2D eigenvalue weighted by Crippen LogP contribution is -2.49. The van der Waals surface area contributed by atoms with Gasteiger partial charge in [-0.3, -0.25) is 4.79 Å². The molecule has 1 unspecified atom stereocenters. The molecule has 1 atom stereocenters. The number of carbonyl (C=O) groups is 1. The Morgan fingerprint density at radius 2 is 1.93 bits per heavy atom. The number of hydrogen-bond donors (Lipinski definition) is 0. The largest absolute Gasteiger partial charge is 0.438 e. The van der Waals surface area contributed by atoms with Crippen molar-refractivity contribution in [3.05, 3.63) is 29.8 Å². The van der Waals surface area contributed by atoms with Crippen molar-refractivity contribution < 1.29 is 22.2 Å². The predicted molar refractivity (Wildman–Crippen MR) is 97.9 cm³/mol. The van der Waals surface area contributed by atoms with Crippen LogP contribution in [-0.4, -0.2) is 51.5 Å². The van der Waals surface area contributed by atoms with E-state index in [0.717, 1.165) is 12.8 Å². The highest BCUT2D eigenvalue weighted by Gasteiger charge is 2.68. The maximum absolute atomic E-state index is 13.3. The standard InChI is InChI=1S/C18H21F3N4O2S/c19-18(20,21)17(23-24-17)14-6-4-8-25(12-14)16(26)13-5-3-7-15(11-13)22-28(27)9-1-2-10-28/h3,5,7,11,14H,1-2,4,6,8-10,12H2. The van der Waals surface area contributed by atoms with Gasteiger partial charge in [0.1, 0.15) is 0 Å². The molecule has 1 aromatic carbocycles. The molecule has 3 heterocycles. The van der Waals surface area contributed by atoms with Gasteiger partial charge in [-0.2, -0.15) is 17.5 Å². The van der Waals surface area contributed by atoms with Crippen molar-refractivity contribution in [2.24, 2.45) is 20.5 Å². The second-order valence-corrected chi connectivity index (χ2v) is 10.1. The van der Waals surface area contributed by atoms with E-state index in [4.69, 9.17) is 0 Å².